The predicted octanol–water partition coefficient (Wildman–Crippen LogP) is 4.50. The maximum Gasteiger partial charge on any atom is 0.234 e. The summed E-state index contributed by atoms with van der Waals surface area (Å²) in [5, 5.41) is 3.06. The smallest absolute Gasteiger partial charge is 0.234 e. The zero-order valence-corrected chi connectivity index (χ0v) is 16.4. The molecule has 0 spiro atoms. The van der Waals surface area contributed by atoms with Crippen molar-refractivity contribution in [3.8, 4) is 21.8 Å². The largest absolute Gasteiger partial charge is 0.270 e. The van der Waals surface area contributed by atoms with E-state index in [1.165, 1.54) is 9.87 Å². The average Bonchev–Trinajstić information content (AvgIpc) is 3.29. The summed E-state index contributed by atoms with van der Waals surface area (Å²) in [5.74, 6) is 0.125. The van der Waals surface area contributed by atoms with Gasteiger partial charge in [-0.05, 0) is 38.0 Å². The number of hydrogen-bond acceptors (Lipinski definition) is 4. The van der Waals surface area contributed by atoms with Crippen LogP contribution in [-0.2, 0) is 16.4 Å². The van der Waals surface area contributed by atoms with Crippen molar-refractivity contribution in [2.45, 2.75) is 20.3 Å². The van der Waals surface area contributed by atoms with Gasteiger partial charge in [0.15, 0.2) is 0 Å². The third-order valence-corrected chi connectivity index (χ3v) is 7.40. The lowest BCUT2D eigenvalue weighted by atomic mass is 10.1. The number of thiazole rings is 1. The number of rotatable bonds is 4. The minimum Gasteiger partial charge on any atom is -0.270 e. The molecule has 26 heavy (non-hydrogen) atoms. The Labute approximate surface area is 158 Å². The lowest BCUT2D eigenvalue weighted by Gasteiger charge is -2.18. The van der Waals surface area contributed by atoms with Gasteiger partial charge in [-0.25, -0.2) is 13.4 Å². The summed E-state index contributed by atoms with van der Waals surface area (Å²) in [6.07, 6.45) is 0.747. The summed E-state index contributed by atoms with van der Waals surface area (Å²) in [7, 11) is -3.20. The summed E-state index contributed by atoms with van der Waals surface area (Å²) in [4.78, 5) is 4.78. The number of aryl methyl sites for hydroxylation is 1. The normalized spacial score (nSPS) is 13.8. The Kier molecular flexibility index (Phi) is 4.32. The van der Waals surface area contributed by atoms with Gasteiger partial charge in [-0.3, -0.25) is 4.31 Å². The first-order valence-electron chi connectivity index (χ1n) is 8.64. The second-order valence-corrected chi connectivity index (χ2v) is 9.51. The van der Waals surface area contributed by atoms with Crippen LogP contribution in [-0.4, -0.2) is 25.7 Å². The van der Waals surface area contributed by atoms with Crippen LogP contribution in [0.5, 0.6) is 0 Å². The van der Waals surface area contributed by atoms with Crippen LogP contribution in [0.25, 0.3) is 21.8 Å². The Balaban J connectivity index is 1.66. The summed E-state index contributed by atoms with van der Waals surface area (Å²) < 4.78 is 26.0. The predicted molar refractivity (Wildman–Crippen MR) is 108 cm³/mol. The van der Waals surface area contributed by atoms with Gasteiger partial charge in [0.1, 0.15) is 5.01 Å². The molecule has 0 fully saturated rings. The molecule has 3 aromatic rings. The zero-order chi connectivity index (χ0) is 18.3. The Bertz CT molecular complexity index is 1050. The Morgan fingerprint density at radius 3 is 2.58 bits per heavy atom. The molecule has 6 heteroatoms. The molecule has 4 nitrogen and oxygen atoms in total. The highest BCUT2D eigenvalue weighted by Gasteiger charge is 2.28. The maximum absolute atomic E-state index is 12.2. The molecule has 2 aromatic carbocycles. The van der Waals surface area contributed by atoms with Crippen molar-refractivity contribution in [2.75, 3.05) is 16.6 Å². The topological polar surface area (TPSA) is 50.3 Å². The van der Waals surface area contributed by atoms with E-state index in [-0.39, 0.29) is 5.75 Å². The number of nitrogens with zero attached hydrogens (tertiary/aromatic N) is 2. The van der Waals surface area contributed by atoms with Crippen LogP contribution in [0.15, 0.2) is 47.8 Å². The highest BCUT2D eigenvalue weighted by Crippen LogP contribution is 2.35. The first-order valence-corrected chi connectivity index (χ1v) is 11.1. The van der Waals surface area contributed by atoms with Crippen molar-refractivity contribution in [3.05, 3.63) is 59.0 Å². The molecule has 1 aliphatic heterocycles. The van der Waals surface area contributed by atoms with E-state index < -0.39 is 10.0 Å². The fourth-order valence-corrected chi connectivity index (χ4v) is 5.20. The second kappa shape index (κ2) is 6.52. The SMILES string of the molecule is CCS(=O)(=O)N1CCc2cc(-c3csc(-c4ccc(C)cc4)n3)ccc21. The first kappa shape index (κ1) is 17.2. The fraction of sp³-hybridized carbons (Fsp3) is 0.250. The van der Waals surface area contributed by atoms with E-state index in [9.17, 15) is 8.42 Å². The van der Waals surface area contributed by atoms with Crippen LogP contribution in [0.2, 0.25) is 0 Å². The number of aromatic nitrogens is 1. The van der Waals surface area contributed by atoms with Crippen LogP contribution >= 0.6 is 11.3 Å². The molecule has 0 unspecified atom stereocenters. The van der Waals surface area contributed by atoms with Gasteiger partial charge in [-0.15, -0.1) is 11.3 Å². The highest BCUT2D eigenvalue weighted by molar-refractivity contribution is 7.92. The van der Waals surface area contributed by atoms with Gasteiger partial charge in [-0.1, -0.05) is 35.9 Å². The molecule has 0 amide bonds. The molecule has 2 heterocycles. The van der Waals surface area contributed by atoms with Crippen LogP contribution in [0.4, 0.5) is 5.69 Å². The molecule has 0 N–H and O–H groups in total. The Hall–Kier alpha value is -2.18. The Morgan fingerprint density at radius 1 is 1.12 bits per heavy atom. The summed E-state index contributed by atoms with van der Waals surface area (Å²) in [6, 6.07) is 14.3. The van der Waals surface area contributed by atoms with Crippen molar-refractivity contribution in [3.63, 3.8) is 0 Å². The van der Waals surface area contributed by atoms with Crippen LogP contribution in [0, 0.1) is 6.92 Å². The van der Waals surface area contributed by atoms with E-state index >= 15 is 0 Å². The third kappa shape index (κ3) is 3.04. The molecule has 1 aromatic heterocycles. The van der Waals surface area contributed by atoms with Gasteiger partial charge in [0.2, 0.25) is 10.0 Å². The molecular weight excluding hydrogens is 364 g/mol. The number of sulfonamides is 1. The molecule has 4 rings (SSSR count). The standard InChI is InChI=1S/C20H20N2O2S2/c1-3-26(23,24)22-11-10-17-12-16(8-9-19(17)22)18-13-25-20(21-18)15-6-4-14(2)5-7-15/h4-9,12-13H,3,10-11H2,1-2H3. The molecule has 134 valence electrons. The summed E-state index contributed by atoms with van der Waals surface area (Å²) >= 11 is 1.63. The average molecular weight is 385 g/mol. The lowest BCUT2D eigenvalue weighted by Crippen LogP contribution is -2.30. The van der Waals surface area contributed by atoms with Gasteiger partial charge in [0.05, 0.1) is 17.1 Å². The minimum absolute atomic E-state index is 0.125. The van der Waals surface area contributed by atoms with Gasteiger partial charge in [0.25, 0.3) is 0 Å². The molecule has 1 aliphatic rings. The lowest BCUT2D eigenvalue weighted by molar-refractivity contribution is 0.593. The number of fused-ring (bicyclic) bond motifs is 1. The zero-order valence-electron chi connectivity index (χ0n) is 14.8. The van der Waals surface area contributed by atoms with Crippen LogP contribution in [0.3, 0.4) is 0 Å². The van der Waals surface area contributed by atoms with E-state index in [0.717, 1.165) is 39.5 Å². The maximum atomic E-state index is 12.2. The quantitative estimate of drug-likeness (QED) is 0.665. The second-order valence-electron chi connectivity index (χ2n) is 6.47. The van der Waals surface area contributed by atoms with E-state index in [4.69, 9.17) is 4.98 Å². The monoisotopic (exact) mass is 384 g/mol. The van der Waals surface area contributed by atoms with Gasteiger partial charge < -0.3 is 0 Å². The molecule has 0 aliphatic carbocycles. The van der Waals surface area contributed by atoms with Crippen molar-refractivity contribution in [1.29, 1.82) is 0 Å². The van der Waals surface area contributed by atoms with E-state index in [1.807, 2.05) is 12.1 Å². The molecule has 0 bridgehead atoms. The third-order valence-electron chi connectivity index (χ3n) is 4.73. The number of anilines is 1. The minimum atomic E-state index is -3.20. The fourth-order valence-electron chi connectivity index (χ4n) is 3.21. The van der Waals surface area contributed by atoms with Crippen molar-refractivity contribution in [2.24, 2.45) is 0 Å². The van der Waals surface area contributed by atoms with Crippen molar-refractivity contribution in [1.82, 2.24) is 4.98 Å². The molecule has 0 atom stereocenters. The number of hydrogen-bond donors (Lipinski definition) is 0. The van der Waals surface area contributed by atoms with Crippen molar-refractivity contribution < 1.29 is 8.42 Å². The number of benzene rings is 2. The van der Waals surface area contributed by atoms with E-state index in [0.29, 0.717) is 6.54 Å². The van der Waals surface area contributed by atoms with Gasteiger partial charge >= 0.3 is 0 Å². The van der Waals surface area contributed by atoms with Crippen LogP contribution < -0.4 is 4.31 Å². The van der Waals surface area contributed by atoms with E-state index in [1.54, 1.807) is 18.3 Å². The highest BCUT2D eigenvalue weighted by atomic mass is 32.2. The molecule has 0 saturated heterocycles. The van der Waals surface area contributed by atoms with Crippen LogP contribution in [0.1, 0.15) is 18.1 Å². The van der Waals surface area contributed by atoms with Gasteiger partial charge in [-0.2, -0.15) is 0 Å². The molecular formula is C20H20N2O2S2. The Morgan fingerprint density at radius 2 is 1.85 bits per heavy atom. The van der Waals surface area contributed by atoms with Gasteiger partial charge in [0, 0.05) is 23.1 Å². The first-order chi connectivity index (χ1) is 12.5. The molecule has 0 saturated carbocycles. The summed E-state index contributed by atoms with van der Waals surface area (Å²) in [6.45, 7) is 4.29. The van der Waals surface area contributed by atoms with E-state index in [2.05, 4.69) is 42.6 Å². The summed E-state index contributed by atoms with van der Waals surface area (Å²) in [5.41, 5.74) is 6.21. The van der Waals surface area contributed by atoms with Crippen molar-refractivity contribution >= 4 is 27.0 Å². The molecule has 0 radical (unpaired) electrons.